The number of hydrogen-bond acceptors (Lipinski definition) is 7. The lowest BCUT2D eigenvalue weighted by Crippen LogP contribution is -2.16. The Bertz CT molecular complexity index is 971. The molecule has 4 rings (SSSR count). The molecule has 1 aromatic heterocycles. The predicted molar refractivity (Wildman–Crippen MR) is 116 cm³/mol. The van der Waals surface area contributed by atoms with Gasteiger partial charge in [0.25, 0.3) is 5.22 Å². The van der Waals surface area contributed by atoms with Gasteiger partial charge in [0.2, 0.25) is 5.89 Å². The highest BCUT2D eigenvalue weighted by molar-refractivity contribution is 7.99. The van der Waals surface area contributed by atoms with E-state index in [2.05, 4.69) is 70.7 Å². The summed E-state index contributed by atoms with van der Waals surface area (Å²) in [5.74, 6) is 1.31. The molecule has 1 saturated heterocycles. The average Bonchev–Trinajstić information content (AvgIpc) is 3.38. The van der Waals surface area contributed by atoms with Crippen molar-refractivity contribution in [2.45, 2.75) is 31.4 Å². The Hall–Kier alpha value is -2.35. The van der Waals surface area contributed by atoms with E-state index < -0.39 is 0 Å². The highest BCUT2D eigenvalue weighted by atomic mass is 32.2. The van der Waals surface area contributed by atoms with Gasteiger partial charge in [-0.2, -0.15) is 0 Å². The van der Waals surface area contributed by atoms with Gasteiger partial charge in [0.1, 0.15) is 6.23 Å². The van der Waals surface area contributed by atoms with Crippen molar-refractivity contribution in [3.8, 4) is 11.5 Å². The summed E-state index contributed by atoms with van der Waals surface area (Å²) in [6.45, 7) is 4.97. The first kappa shape index (κ1) is 19.9. The Kier molecular flexibility index (Phi) is 5.89. The average molecular weight is 411 g/mol. The van der Waals surface area contributed by atoms with E-state index in [0.717, 1.165) is 23.4 Å². The second-order valence-electron chi connectivity index (χ2n) is 7.52. The van der Waals surface area contributed by atoms with Crippen LogP contribution in [0.2, 0.25) is 0 Å². The third-order valence-corrected chi connectivity index (χ3v) is 6.08. The van der Waals surface area contributed by atoms with E-state index in [9.17, 15) is 0 Å². The van der Waals surface area contributed by atoms with Crippen LogP contribution in [-0.4, -0.2) is 42.7 Å². The van der Waals surface area contributed by atoms with Crippen molar-refractivity contribution in [1.29, 1.82) is 0 Å². The molecule has 152 valence electrons. The second-order valence-corrected chi connectivity index (χ2v) is 8.49. The van der Waals surface area contributed by atoms with Gasteiger partial charge in [-0.05, 0) is 54.8 Å². The first-order valence-electron chi connectivity index (χ1n) is 9.69. The lowest BCUT2D eigenvalue weighted by atomic mass is 10.1. The summed E-state index contributed by atoms with van der Waals surface area (Å²) < 4.78 is 12.0. The number of aromatic nitrogens is 2. The van der Waals surface area contributed by atoms with E-state index in [1.165, 1.54) is 28.6 Å². The quantitative estimate of drug-likeness (QED) is 0.611. The van der Waals surface area contributed by atoms with Gasteiger partial charge < -0.3 is 14.1 Å². The lowest BCUT2D eigenvalue weighted by molar-refractivity contribution is 0.0534. The van der Waals surface area contributed by atoms with Crippen molar-refractivity contribution in [3.05, 3.63) is 59.2 Å². The summed E-state index contributed by atoms with van der Waals surface area (Å²) in [7, 11) is 4.07. The number of nitrogens with zero attached hydrogens (tertiary/aromatic N) is 3. The molecule has 3 aromatic rings. The van der Waals surface area contributed by atoms with Gasteiger partial charge in [-0.25, -0.2) is 0 Å². The van der Waals surface area contributed by atoms with Crippen molar-refractivity contribution >= 4 is 17.4 Å². The third kappa shape index (κ3) is 4.63. The first-order chi connectivity index (χ1) is 14.0. The van der Waals surface area contributed by atoms with Crippen molar-refractivity contribution in [1.82, 2.24) is 15.5 Å². The van der Waals surface area contributed by atoms with Crippen LogP contribution in [0.4, 0.5) is 5.69 Å². The molecular weight excluding hydrogens is 384 g/mol. The molecule has 0 radical (unpaired) electrons. The van der Waals surface area contributed by atoms with E-state index in [-0.39, 0.29) is 12.3 Å². The monoisotopic (exact) mass is 410 g/mol. The molecule has 0 spiro atoms. The molecule has 29 heavy (non-hydrogen) atoms. The summed E-state index contributed by atoms with van der Waals surface area (Å²) in [6.07, 6.45) is 0.0149. The molecule has 1 aliphatic heterocycles. The van der Waals surface area contributed by atoms with Gasteiger partial charge in [-0.15, -0.1) is 10.2 Å². The zero-order chi connectivity index (χ0) is 20.4. The molecule has 1 aliphatic rings. The molecule has 7 heteroatoms. The van der Waals surface area contributed by atoms with Crippen LogP contribution in [0.15, 0.2) is 52.1 Å². The van der Waals surface area contributed by atoms with Gasteiger partial charge in [-0.1, -0.05) is 30.0 Å². The van der Waals surface area contributed by atoms with Gasteiger partial charge in [0, 0.05) is 37.6 Å². The van der Waals surface area contributed by atoms with Crippen LogP contribution in [0.1, 0.15) is 22.9 Å². The van der Waals surface area contributed by atoms with Gasteiger partial charge in [-0.3, -0.25) is 5.32 Å². The van der Waals surface area contributed by atoms with E-state index in [1.54, 1.807) is 0 Å². The Morgan fingerprint density at radius 1 is 1.07 bits per heavy atom. The predicted octanol–water partition coefficient (Wildman–Crippen LogP) is 4.20. The smallest absolute Gasteiger partial charge is 0.276 e. The minimum Gasteiger partial charge on any atom is -0.411 e. The number of anilines is 1. The topological polar surface area (TPSA) is 63.4 Å². The van der Waals surface area contributed by atoms with Crippen LogP contribution in [0.5, 0.6) is 0 Å². The number of ether oxygens (including phenoxy) is 1. The Morgan fingerprint density at radius 3 is 2.59 bits per heavy atom. The van der Waals surface area contributed by atoms with Crippen LogP contribution >= 0.6 is 11.8 Å². The Labute approximate surface area is 175 Å². The van der Waals surface area contributed by atoms with Gasteiger partial charge >= 0.3 is 0 Å². The highest BCUT2D eigenvalue weighted by Crippen LogP contribution is 2.29. The molecule has 0 aliphatic carbocycles. The van der Waals surface area contributed by atoms with E-state index in [4.69, 9.17) is 9.15 Å². The molecule has 0 unspecified atom stereocenters. The fraction of sp³-hybridized carbons (Fsp3) is 0.364. The second kappa shape index (κ2) is 8.57. The zero-order valence-electron chi connectivity index (χ0n) is 17.2. The summed E-state index contributed by atoms with van der Waals surface area (Å²) in [6, 6.07) is 14.6. The van der Waals surface area contributed by atoms with Gasteiger partial charge in [0.15, 0.2) is 0 Å². The number of nitrogens with one attached hydrogen (secondary N) is 1. The molecule has 2 aromatic carbocycles. The largest absolute Gasteiger partial charge is 0.411 e. The van der Waals surface area contributed by atoms with E-state index in [0.29, 0.717) is 11.1 Å². The van der Waals surface area contributed by atoms with Crippen LogP contribution in [-0.2, 0) is 4.74 Å². The summed E-state index contributed by atoms with van der Waals surface area (Å²) in [4.78, 5) is 2.09. The molecular formula is C22H26N4O2S. The van der Waals surface area contributed by atoms with E-state index >= 15 is 0 Å². The van der Waals surface area contributed by atoms with Crippen molar-refractivity contribution in [3.63, 3.8) is 0 Å². The molecule has 0 saturated carbocycles. The Balaban J connectivity index is 1.32. The molecule has 0 bridgehead atoms. The fourth-order valence-electron chi connectivity index (χ4n) is 3.19. The normalized spacial score (nSPS) is 18.9. The van der Waals surface area contributed by atoms with Gasteiger partial charge in [0.05, 0.1) is 6.10 Å². The van der Waals surface area contributed by atoms with Crippen LogP contribution in [0.25, 0.3) is 11.5 Å². The van der Waals surface area contributed by atoms with Crippen molar-refractivity contribution in [2.75, 3.05) is 31.3 Å². The highest BCUT2D eigenvalue weighted by Gasteiger charge is 2.26. The van der Waals surface area contributed by atoms with Crippen LogP contribution in [0.3, 0.4) is 0 Å². The van der Waals surface area contributed by atoms with Crippen molar-refractivity contribution in [2.24, 2.45) is 0 Å². The summed E-state index contributed by atoms with van der Waals surface area (Å²) in [5, 5.41) is 12.4. The maximum absolute atomic E-state index is 6.15. The minimum atomic E-state index is -0.0782. The lowest BCUT2D eigenvalue weighted by Gasteiger charge is -2.16. The van der Waals surface area contributed by atoms with Crippen LogP contribution < -0.4 is 10.2 Å². The standard InChI is InChI=1S/C22H26N4O2S/c1-14-5-6-17(11-15(14)2)21-24-25-22(28-21)29-13-19-12-23-20(27-19)16-7-9-18(10-8-16)26(3)4/h5-11,19-20,23H,12-13H2,1-4H3/t19-,20+/m1/s1. The van der Waals surface area contributed by atoms with Crippen molar-refractivity contribution < 1.29 is 9.15 Å². The maximum atomic E-state index is 6.15. The van der Waals surface area contributed by atoms with Crippen LogP contribution in [0, 0.1) is 13.8 Å². The number of rotatable bonds is 6. The number of hydrogen-bond donors (Lipinski definition) is 1. The SMILES string of the molecule is Cc1ccc(-c2nnc(SC[C@H]3CN[C@H](c4ccc(N(C)C)cc4)O3)o2)cc1C. The number of benzene rings is 2. The molecule has 2 heterocycles. The Morgan fingerprint density at radius 2 is 1.86 bits per heavy atom. The summed E-state index contributed by atoms with van der Waals surface area (Å²) in [5.41, 5.74) is 5.73. The molecule has 2 atom stereocenters. The molecule has 1 fully saturated rings. The molecule has 6 nitrogen and oxygen atoms in total. The fourth-order valence-corrected chi connectivity index (χ4v) is 3.95. The maximum Gasteiger partial charge on any atom is 0.276 e. The number of aryl methyl sites for hydroxylation is 2. The van der Waals surface area contributed by atoms with E-state index in [1.807, 2.05) is 20.2 Å². The first-order valence-corrected chi connectivity index (χ1v) is 10.7. The molecule has 1 N–H and O–H groups in total. The molecule has 0 amide bonds. The number of thioether (sulfide) groups is 1. The minimum absolute atomic E-state index is 0.0782. The third-order valence-electron chi connectivity index (χ3n) is 5.12. The summed E-state index contributed by atoms with van der Waals surface area (Å²) >= 11 is 1.53. The zero-order valence-corrected chi connectivity index (χ0v) is 18.0.